The maximum atomic E-state index is 14.6. The number of para-hydroxylation sites is 1. The number of benzene rings is 3. The second kappa shape index (κ2) is 10.4. The van der Waals surface area contributed by atoms with Crippen LogP contribution in [0.3, 0.4) is 0 Å². The molecular weight excluding hydrogens is 487 g/mol. The maximum Gasteiger partial charge on any atom is 0.440 e. The minimum Gasteiger partial charge on any atom is -0.409 e. The highest BCUT2D eigenvalue weighted by atomic mass is 19.1. The van der Waals surface area contributed by atoms with Crippen molar-refractivity contribution in [2.75, 3.05) is 19.0 Å². The Kier molecular flexibility index (Phi) is 7.05. The Balaban J connectivity index is 1.92. The number of anilines is 2. The summed E-state index contributed by atoms with van der Waals surface area (Å²) in [5.74, 6) is -2.66. The van der Waals surface area contributed by atoms with Crippen molar-refractivity contribution >= 4 is 40.7 Å². The van der Waals surface area contributed by atoms with Crippen molar-refractivity contribution in [3.8, 4) is 17.0 Å². The van der Waals surface area contributed by atoms with E-state index in [0.29, 0.717) is 21.2 Å². The molecule has 4 aromatic rings. The molecule has 0 unspecified atom stereocenters. The number of hydrogen-bond acceptors (Lipinski definition) is 4. The zero-order valence-corrected chi connectivity index (χ0v) is 19.7. The number of urea groups is 1. The van der Waals surface area contributed by atoms with Crippen molar-refractivity contribution in [3.63, 3.8) is 0 Å². The summed E-state index contributed by atoms with van der Waals surface area (Å²) in [4.78, 5) is 34.7. The molecule has 3 aromatic carbocycles. The predicted octanol–water partition coefficient (Wildman–Crippen LogP) is 5.62. The lowest BCUT2D eigenvalue weighted by molar-refractivity contribution is 0.211. The molecular formula is C26H20F3N5O3. The average molecular weight is 507 g/mol. The summed E-state index contributed by atoms with van der Waals surface area (Å²) < 4.78 is 48.1. The normalized spacial score (nSPS) is 11.1. The van der Waals surface area contributed by atoms with Crippen LogP contribution in [-0.4, -0.2) is 42.4 Å². The van der Waals surface area contributed by atoms with Crippen molar-refractivity contribution in [1.82, 2.24) is 9.88 Å². The highest BCUT2D eigenvalue weighted by Gasteiger charge is 2.25. The van der Waals surface area contributed by atoms with Gasteiger partial charge in [-0.25, -0.2) is 32.6 Å². The van der Waals surface area contributed by atoms with Gasteiger partial charge < -0.3 is 15.4 Å². The molecule has 0 saturated carbocycles. The third-order valence-corrected chi connectivity index (χ3v) is 5.12. The first kappa shape index (κ1) is 25.2. The molecule has 2 N–H and O–H groups in total. The average Bonchev–Trinajstić information content (AvgIpc) is 2.84. The minimum atomic E-state index is -1.19. The topological polar surface area (TPSA) is 101 Å². The van der Waals surface area contributed by atoms with E-state index < -0.39 is 35.3 Å². The number of carbonyl (C=O) groups is 2. The molecule has 1 heterocycles. The quantitative estimate of drug-likeness (QED) is 0.279. The van der Waals surface area contributed by atoms with Gasteiger partial charge in [0, 0.05) is 25.0 Å². The van der Waals surface area contributed by atoms with Gasteiger partial charge in [-0.2, -0.15) is 4.99 Å². The number of rotatable bonds is 5. The molecule has 1 aromatic heterocycles. The van der Waals surface area contributed by atoms with E-state index in [1.807, 2.05) is 0 Å². The number of primary amides is 1. The fraction of sp³-hybridized carbons (Fsp3) is 0.0769. The number of hydrogen-bond donors (Lipinski definition) is 1. The van der Waals surface area contributed by atoms with Crippen LogP contribution >= 0.6 is 0 Å². The fourth-order valence-electron chi connectivity index (χ4n) is 3.56. The van der Waals surface area contributed by atoms with Crippen LogP contribution in [0.15, 0.2) is 71.7 Å². The number of carbonyl (C=O) groups excluding carboxylic acids is 2. The van der Waals surface area contributed by atoms with Gasteiger partial charge >= 0.3 is 12.1 Å². The van der Waals surface area contributed by atoms with Crippen LogP contribution in [-0.2, 0) is 0 Å². The van der Waals surface area contributed by atoms with Gasteiger partial charge in [0.15, 0.2) is 0 Å². The van der Waals surface area contributed by atoms with Crippen LogP contribution < -0.4 is 15.4 Å². The molecule has 0 atom stereocenters. The Morgan fingerprint density at radius 3 is 2.27 bits per heavy atom. The summed E-state index contributed by atoms with van der Waals surface area (Å²) in [6.45, 7) is 0. The number of fused-ring (bicyclic) bond motifs is 1. The van der Waals surface area contributed by atoms with Gasteiger partial charge in [-0.3, -0.25) is 0 Å². The number of ether oxygens (including phenoxy) is 1. The smallest absolute Gasteiger partial charge is 0.409 e. The van der Waals surface area contributed by atoms with Gasteiger partial charge in [-0.1, -0.05) is 6.07 Å². The molecule has 0 aliphatic rings. The van der Waals surface area contributed by atoms with Crippen LogP contribution in [0, 0.1) is 17.5 Å². The second-order valence-electron chi connectivity index (χ2n) is 8.04. The SMILES string of the molecule is CN(C)/C=N/C(=O)Oc1ccc2c(-c3ccc(F)cc3)nc(N(C(N)=O)c3c(F)cccc3F)cc2c1. The summed E-state index contributed by atoms with van der Waals surface area (Å²) >= 11 is 0. The van der Waals surface area contributed by atoms with E-state index in [9.17, 15) is 22.8 Å². The number of pyridine rings is 1. The molecule has 4 rings (SSSR count). The van der Waals surface area contributed by atoms with Crippen molar-refractivity contribution < 1.29 is 27.5 Å². The van der Waals surface area contributed by atoms with E-state index in [1.54, 1.807) is 25.1 Å². The molecule has 0 aliphatic carbocycles. The number of nitrogens with zero attached hydrogens (tertiary/aromatic N) is 4. The van der Waals surface area contributed by atoms with E-state index in [4.69, 9.17) is 10.5 Å². The third kappa shape index (κ3) is 5.50. The molecule has 0 fully saturated rings. The van der Waals surface area contributed by atoms with E-state index in [0.717, 1.165) is 18.2 Å². The Labute approximate surface area is 209 Å². The lowest BCUT2D eigenvalue weighted by Gasteiger charge is -2.22. The van der Waals surface area contributed by atoms with Crippen LogP contribution in [0.4, 0.5) is 34.3 Å². The number of aromatic nitrogens is 1. The number of amides is 3. The maximum absolute atomic E-state index is 14.6. The molecule has 0 aliphatic heterocycles. The van der Waals surface area contributed by atoms with Crippen molar-refractivity contribution in [1.29, 1.82) is 0 Å². The highest BCUT2D eigenvalue weighted by Crippen LogP contribution is 2.36. The summed E-state index contributed by atoms with van der Waals surface area (Å²) in [5.41, 5.74) is 5.52. The van der Waals surface area contributed by atoms with Gasteiger partial charge in [0.25, 0.3) is 0 Å². The molecule has 0 bridgehead atoms. The van der Waals surface area contributed by atoms with E-state index in [1.165, 1.54) is 48.8 Å². The monoisotopic (exact) mass is 507 g/mol. The van der Waals surface area contributed by atoms with Crippen molar-refractivity contribution in [3.05, 3.63) is 84.2 Å². The van der Waals surface area contributed by atoms with E-state index in [2.05, 4.69) is 9.98 Å². The first-order valence-corrected chi connectivity index (χ1v) is 10.8. The Hall–Kier alpha value is -4.93. The van der Waals surface area contributed by atoms with Crippen LogP contribution in [0.1, 0.15) is 0 Å². The van der Waals surface area contributed by atoms with Crippen molar-refractivity contribution in [2.45, 2.75) is 0 Å². The molecule has 188 valence electrons. The first-order chi connectivity index (χ1) is 17.6. The first-order valence-electron chi connectivity index (χ1n) is 10.8. The zero-order chi connectivity index (χ0) is 26.7. The number of aliphatic imine (C=N–C) groups is 1. The lowest BCUT2D eigenvalue weighted by atomic mass is 10.0. The minimum absolute atomic E-state index is 0.110. The van der Waals surface area contributed by atoms with Crippen LogP contribution in [0.2, 0.25) is 0 Å². The zero-order valence-electron chi connectivity index (χ0n) is 19.7. The van der Waals surface area contributed by atoms with Gasteiger partial charge in [0.2, 0.25) is 0 Å². The van der Waals surface area contributed by atoms with E-state index >= 15 is 0 Å². The number of nitrogens with two attached hydrogens (primary N) is 1. The van der Waals surface area contributed by atoms with Gasteiger partial charge in [0.05, 0.1) is 12.0 Å². The summed E-state index contributed by atoms with van der Waals surface area (Å²) in [5, 5.41) is 0.902. The molecule has 37 heavy (non-hydrogen) atoms. The Morgan fingerprint density at radius 1 is 0.973 bits per heavy atom. The standard InChI is InChI=1S/C26H20F3N5O3/c1-33(2)14-31-26(36)37-18-10-11-19-16(12-18)13-22(32-23(19)15-6-8-17(27)9-7-15)34(25(30)35)24-20(28)4-3-5-21(24)29/h3-14H,1-2H3,(H2,30,35)/b31-14+. The fourth-order valence-corrected chi connectivity index (χ4v) is 3.56. The largest absolute Gasteiger partial charge is 0.440 e. The molecule has 8 nitrogen and oxygen atoms in total. The summed E-state index contributed by atoms with van der Waals surface area (Å²) in [7, 11) is 3.36. The second-order valence-corrected chi connectivity index (χ2v) is 8.04. The van der Waals surface area contributed by atoms with Gasteiger partial charge in [0.1, 0.15) is 34.7 Å². The third-order valence-electron chi connectivity index (χ3n) is 5.12. The molecule has 3 amide bonds. The summed E-state index contributed by atoms with van der Waals surface area (Å²) in [6, 6.07) is 13.2. The predicted molar refractivity (Wildman–Crippen MR) is 133 cm³/mol. The highest BCUT2D eigenvalue weighted by molar-refractivity contribution is 6.03. The lowest BCUT2D eigenvalue weighted by Crippen LogP contribution is -2.33. The Morgan fingerprint density at radius 2 is 1.65 bits per heavy atom. The van der Waals surface area contributed by atoms with Gasteiger partial charge in [-0.05, 0) is 66.0 Å². The molecule has 0 radical (unpaired) electrons. The molecule has 0 saturated heterocycles. The number of halogens is 3. The van der Waals surface area contributed by atoms with E-state index in [-0.39, 0.29) is 17.3 Å². The molecule has 0 spiro atoms. The Bertz CT molecular complexity index is 1500. The van der Waals surface area contributed by atoms with Gasteiger partial charge in [-0.15, -0.1) is 0 Å². The molecule has 11 heteroatoms. The van der Waals surface area contributed by atoms with Crippen LogP contribution in [0.5, 0.6) is 5.75 Å². The van der Waals surface area contributed by atoms with Crippen LogP contribution in [0.25, 0.3) is 22.0 Å². The van der Waals surface area contributed by atoms with Crippen molar-refractivity contribution in [2.24, 2.45) is 10.7 Å². The summed E-state index contributed by atoms with van der Waals surface area (Å²) in [6.07, 6.45) is 0.388.